The van der Waals surface area contributed by atoms with Crippen molar-refractivity contribution in [3.63, 3.8) is 0 Å². The zero-order chi connectivity index (χ0) is 42.4. The van der Waals surface area contributed by atoms with Crippen molar-refractivity contribution >= 4 is 22.8 Å². The van der Waals surface area contributed by atoms with Gasteiger partial charge in [0.05, 0.1) is 40.8 Å². The monoisotopic (exact) mass is 860 g/mol. The van der Waals surface area contributed by atoms with E-state index in [1.165, 1.54) is 126 Å². The molecule has 0 amide bonds. The Morgan fingerprint density at radius 1 is 0.492 bits per heavy atom. The molecule has 0 aliphatic carbocycles. The Labute approximate surface area is 380 Å². The Bertz CT molecular complexity index is 2000. The van der Waals surface area contributed by atoms with Crippen LogP contribution in [0.3, 0.4) is 0 Å². The first kappa shape index (κ1) is 49.3. The summed E-state index contributed by atoms with van der Waals surface area (Å²) in [7, 11) is 0. The smallest absolute Gasteiger partial charge is 0.135 e. The SMILES string of the molecule is CCCCCCCCCCCCCCCCCCCCOc1c(-c2ccccc2)cc(N=C(C)c2cccc(C(C)=Nc3c(C)cc(C)cc3C)n2)cc1-c1ccccc1.[Fe]. The van der Waals surface area contributed by atoms with E-state index in [4.69, 9.17) is 19.7 Å². The molecule has 0 aliphatic rings. The van der Waals surface area contributed by atoms with Crippen LogP contribution in [-0.4, -0.2) is 23.0 Å². The Kier molecular flexibility index (Phi) is 22.3. The van der Waals surface area contributed by atoms with Crippen molar-refractivity contribution in [3.8, 4) is 28.0 Å². The second kappa shape index (κ2) is 27.6. The molecule has 326 valence electrons. The first-order valence-corrected chi connectivity index (χ1v) is 23.4. The van der Waals surface area contributed by atoms with Crippen LogP contribution in [0.2, 0.25) is 0 Å². The van der Waals surface area contributed by atoms with Crippen LogP contribution in [0, 0.1) is 20.8 Å². The third kappa shape index (κ3) is 16.5. The predicted molar refractivity (Wildman–Crippen MR) is 260 cm³/mol. The van der Waals surface area contributed by atoms with Crippen molar-refractivity contribution in [1.29, 1.82) is 0 Å². The van der Waals surface area contributed by atoms with E-state index >= 15 is 0 Å². The Morgan fingerprint density at radius 2 is 0.902 bits per heavy atom. The van der Waals surface area contributed by atoms with Crippen LogP contribution in [-0.2, 0) is 17.1 Å². The summed E-state index contributed by atoms with van der Waals surface area (Å²) in [6, 6.07) is 36.0. The van der Waals surface area contributed by atoms with E-state index in [1.807, 2.05) is 32.0 Å². The number of hydrogen-bond donors (Lipinski definition) is 0. The molecule has 0 saturated carbocycles. The Morgan fingerprint density at radius 3 is 1.34 bits per heavy atom. The number of aliphatic imine (C=N–C) groups is 2. The van der Waals surface area contributed by atoms with Crippen LogP contribution < -0.4 is 4.74 Å². The van der Waals surface area contributed by atoms with Crippen molar-refractivity contribution < 1.29 is 21.8 Å². The third-order valence-corrected chi connectivity index (χ3v) is 11.7. The molecule has 0 aliphatic heterocycles. The minimum atomic E-state index is 0. The molecule has 61 heavy (non-hydrogen) atoms. The van der Waals surface area contributed by atoms with Crippen molar-refractivity contribution in [2.45, 2.75) is 157 Å². The van der Waals surface area contributed by atoms with Crippen LogP contribution in [0.5, 0.6) is 5.75 Å². The van der Waals surface area contributed by atoms with E-state index in [9.17, 15) is 0 Å². The van der Waals surface area contributed by atoms with Crippen LogP contribution in [0.25, 0.3) is 22.3 Å². The molecule has 4 aromatic carbocycles. The minimum Gasteiger partial charge on any atom is -0.492 e. The van der Waals surface area contributed by atoms with Crippen molar-refractivity contribution in [2.75, 3.05) is 6.61 Å². The number of aryl methyl sites for hydroxylation is 3. The number of unbranched alkanes of at least 4 members (excludes halogenated alkanes) is 17. The Hall–Kier alpha value is -4.31. The van der Waals surface area contributed by atoms with Gasteiger partial charge in [0.15, 0.2) is 0 Å². The molecule has 0 fully saturated rings. The number of aromatic nitrogens is 1. The second-order valence-corrected chi connectivity index (χ2v) is 17.0. The van der Waals surface area contributed by atoms with Gasteiger partial charge in [-0.3, -0.25) is 9.98 Å². The average molecular weight is 860 g/mol. The van der Waals surface area contributed by atoms with E-state index < -0.39 is 0 Å². The summed E-state index contributed by atoms with van der Waals surface area (Å²) < 4.78 is 6.79. The standard InChI is InChI=1S/C56H73N3O.Fe/c1-7-8-9-10-11-12-13-14-15-16-17-18-19-20-21-22-23-30-38-60-56-51(48-32-26-24-27-33-48)41-50(42-52(56)49-34-28-25-29-35-49)57-46(5)53-36-31-37-54(59-53)47(6)58-55-44(3)39-43(2)40-45(55)4;/h24-29,31-37,39-42H,7-23,30,38H2,1-6H3;. The van der Waals surface area contributed by atoms with Gasteiger partial charge in [0.1, 0.15) is 5.75 Å². The molecule has 0 radical (unpaired) electrons. The van der Waals surface area contributed by atoms with E-state index in [1.54, 1.807) is 0 Å². The van der Waals surface area contributed by atoms with Gasteiger partial charge in [-0.2, -0.15) is 0 Å². The minimum absolute atomic E-state index is 0. The van der Waals surface area contributed by atoms with Gasteiger partial charge in [-0.1, -0.05) is 201 Å². The van der Waals surface area contributed by atoms with Gasteiger partial charge >= 0.3 is 0 Å². The molecular formula is C56H73FeN3O. The molecule has 0 atom stereocenters. The number of pyridine rings is 1. The fraction of sp³-hybridized carbons (Fsp3) is 0.446. The van der Waals surface area contributed by atoms with Gasteiger partial charge in [0.25, 0.3) is 0 Å². The largest absolute Gasteiger partial charge is 0.492 e. The molecule has 0 spiro atoms. The molecule has 1 heterocycles. The van der Waals surface area contributed by atoms with Gasteiger partial charge in [-0.15, -0.1) is 0 Å². The maximum absolute atomic E-state index is 6.79. The van der Waals surface area contributed by atoms with Gasteiger partial charge in [0, 0.05) is 28.2 Å². The quantitative estimate of drug-likeness (QED) is 0.0316. The molecular weight excluding hydrogens is 786 g/mol. The molecule has 1 aromatic heterocycles. The zero-order valence-corrected chi connectivity index (χ0v) is 39.5. The summed E-state index contributed by atoms with van der Waals surface area (Å²) in [6.07, 6.45) is 24.6. The van der Waals surface area contributed by atoms with Crippen LogP contribution >= 0.6 is 0 Å². The van der Waals surface area contributed by atoms with Crippen LogP contribution in [0.4, 0.5) is 11.4 Å². The van der Waals surface area contributed by atoms with Crippen molar-refractivity contribution in [1.82, 2.24) is 4.98 Å². The number of hydrogen-bond acceptors (Lipinski definition) is 4. The van der Waals surface area contributed by atoms with Crippen molar-refractivity contribution in [2.24, 2.45) is 9.98 Å². The summed E-state index contributed by atoms with van der Waals surface area (Å²) in [5, 5.41) is 0. The molecule has 5 heteroatoms. The molecule has 0 saturated heterocycles. The fourth-order valence-corrected chi connectivity index (χ4v) is 8.34. The molecule has 0 unspecified atom stereocenters. The topological polar surface area (TPSA) is 46.8 Å². The molecule has 5 aromatic rings. The first-order chi connectivity index (χ1) is 29.3. The van der Waals surface area contributed by atoms with Gasteiger partial charge in [-0.25, -0.2) is 4.98 Å². The number of ether oxygens (including phenoxy) is 1. The normalized spacial score (nSPS) is 11.8. The van der Waals surface area contributed by atoms with Crippen molar-refractivity contribution in [3.05, 3.63) is 131 Å². The summed E-state index contributed by atoms with van der Waals surface area (Å²) >= 11 is 0. The summed E-state index contributed by atoms with van der Waals surface area (Å²) in [4.78, 5) is 15.3. The van der Waals surface area contributed by atoms with Crippen LogP contribution in [0.15, 0.2) is 113 Å². The van der Waals surface area contributed by atoms with E-state index in [0.717, 1.165) is 68.6 Å². The summed E-state index contributed by atoms with van der Waals surface area (Å²) in [6.45, 7) is 13.4. The third-order valence-electron chi connectivity index (χ3n) is 11.7. The number of rotatable bonds is 26. The maximum Gasteiger partial charge on any atom is 0.135 e. The summed E-state index contributed by atoms with van der Waals surface area (Å²) in [5.41, 5.74) is 13.2. The zero-order valence-electron chi connectivity index (χ0n) is 38.4. The number of benzene rings is 4. The van der Waals surface area contributed by atoms with Gasteiger partial charge in [0.2, 0.25) is 0 Å². The van der Waals surface area contributed by atoms with Gasteiger partial charge < -0.3 is 4.74 Å². The molecule has 5 rings (SSSR count). The van der Waals surface area contributed by atoms with Crippen LogP contribution in [0.1, 0.15) is 164 Å². The maximum atomic E-state index is 6.79. The van der Waals surface area contributed by atoms with Gasteiger partial charge in [-0.05, 0) is 87.6 Å². The Balaban J connectivity index is 0.00000819. The number of nitrogens with zero attached hydrogens (tertiary/aromatic N) is 3. The molecule has 0 bridgehead atoms. The predicted octanol–water partition coefficient (Wildman–Crippen LogP) is 17.0. The van der Waals surface area contributed by atoms with E-state index in [0.29, 0.717) is 6.61 Å². The molecule has 0 N–H and O–H groups in total. The average Bonchev–Trinajstić information content (AvgIpc) is 3.26. The van der Waals surface area contributed by atoms with E-state index in [-0.39, 0.29) is 17.1 Å². The second-order valence-electron chi connectivity index (χ2n) is 17.0. The molecule has 4 nitrogen and oxygen atoms in total. The summed E-state index contributed by atoms with van der Waals surface area (Å²) in [5.74, 6) is 0.921. The fourth-order valence-electron chi connectivity index (χ4n) is 8.34. The first-order valence-electron chi connectivity index (χ1n) is 23.4. The van der Waals surface area contributed by atoms with E-state index in [2.05, 4.69) is 113 Å².